The molecular formula is C12H20S. The minimum atomic E-state index is 0.701. The van der Waals surface area contributed by atoms with Crippen molar-refractivity contribution in [3.63, 3.8) is 0 Å². The molecule has 0 aliphatic heterocycles. The normalized spacial score (nSPS) is 23.3. The molecule has 0 nitrogen and oxygen atoms in total. The maximum absolute atomic E-state index is 2.34. The van der Waals surface area contributed by atoms with E-state index in [1.807, 2.05) is 11.8 Å². The molecule has 0 aromatic carbocycles. The molecule has 0 saturated heterocycles. The van der Waals surface area contributed by atoms with E-state index in [0.29, 0.717) is 5.92 Å². The summed E-state index contributed by atoms with van der Waals surface area (Å²) in [4.78, 5) is 0. The zero-order valence-corrected chi connectivity index (χ0v) is 10.2. The highest BCUT2D eigenvalue weighted by molar-refractivity contribution is 7.98. The van der Waals surface area contributed by atoms with Crippen LogP contribution in [-0.2, 0) is 0 Å². The summed E-state index contributed by atoms with van der Waals surface area (Å²) in [6.45, 7) is 9.14. The smallest absolute Gasteiger partial charge is 0.00123 e. The van der Waals surface area contributed by atoms with Crippen LogP contribution in [0.15, 0.2) is 22.3 Å². The van der Waals surface area contributed by atoms with Gasteiger partial charge in [0.05, 0.1) is 0 Å². The molecular weight excluding hydrogens is 176 g/mol. The third-order valence-electron chi connectivity index (χ3n) is 3.38. The van der Waals surface area contributed by atoms with Gasteiger partial charge in [-0.25, -0.2) is 0 Å². The number of allylic oxidation sites excluding steroid dienone is 4. The third-order valence-corrected chi connectivity index (χ3v) is 4.00. The highest BCUT2D eigenvalue weighted by atomic mass is 32.2. The zero-order valence-electron chi connectivity index (χ0n) is 9.40. The first-order valence-corrected chi connectivity index (χ1v) is 6.35. The van der Waals surface area contributed by atoms with Crippen LogP contribution >= 0.6 is 11.8 Å². The molecule has 1 heteroatoms. The summed E-state index contributed by atoms with van der Waals surface area (Å²) in [6.07, 6.45) is 3.45. The van der Waals surface area contributed by atoms with E-state index in [-0.39, 0.29) is 0 Å². The van der Waals surface area contributed by atoms with E-state index in [2.05, 4.69) is 34.0 Å². The molecule has 1 unspecified atom stereocenters. The fourth-order valence-corrected chi connectivity index (χ4v) is 2.49. The van der Waals surface area contributed by atoms with Gasteiger partial charge >= 0.3 is 0 Å². The Morgan fingerprint density at radius 2 is 1.77 bits per heavy atom. The second-order valence-electron chi connectivity index (χ2n) is 3.92. The van der Waals surface area contributed by atoms with E-state index in [4.69, 9.17) is 0 Å². The van der Waals surface area contributed by atoms with E-state index < -0.39 is 0 Å². The van der Waals surface area contributed by atoms with Gasteiger partial charge in [-0.2, -0.15) is 11.8 Å². The lowest BCUT2D eigenvalue weighted by molar-refractivity contribution is 0.776. The maximum Gasteiger partial charge on any atom is -0.00123 e. The van der Waals surface area contributed by atoms with Crippen LogP contribution in [0.5, 0.6) is 0 Å². The van der Waals surface area contributed by atoms with Crippen LogP contribution in [0.4, 0.5) is 0 Å². The quantitative estimate of drug-likeness (QED) is 0.656. The molecule has 0 heterocycles. The molecule has 0 radical (unpaired) electrons. The third kappa shape index (κ3) is 2.01. The first kappa shape index (κ1) is 10.9. The van der Waals surface area contributed by atoms with Crippen molar-refractivity contribution < 1.29 is 0 Å². The van der Waals surface area contributed by atoms with Crippen molar-refractivity contribution in [1.82, 2.24) is 0 Å². The van der Waals surface area contributed by atoms with Gasteiger partial charge in [0.1, 0.15) is 0 Å². The van der Waals surface area contributed by atoms with E-state index in [0.717, 1.165) is 0 Å². The Morgan fingerprint density at radius 1 is 1.15 bits per heavy atom. The van der Waals surface area contributed by atoms with Crippen molar-refractivity contribution in [2.45, 2.75) is 34.1 Å². The van der Waals surface area contributed by atoms with Gasteiger partial charge in [0.25, 0.3) is 0 Å². The first-order chi connectivity index (χ1) is 6.09. The van der Waals surface area contributed by atoms with Gasteiger partial charge in [0.15, 0.2) is 0 Å². The van der Waals surface area contributed by atoms with Crippen molar-refractivity contribution in [2.75, 3.05) is 12.0 Å². The van der Waals surface area contributed by atoms with Gasteiger partial charge < -0.3 is 0 Å². The Bertz CT molecular complexity index is 258. The van der Waals surface area contributed by atoms with Crippen LogP contribution in [0.2, 0.25) is 0 Å². The van der Waals surface area contributed by atoms with E-state index in [1.165, 1.54) is 17.7 Å². The Hall–Kier alpha value is -0.170. The van der Waals surface area contributed by atoms with Crippen molar-refractivity contribution in [1.29, 1.82) is 0 Å². The second-order valence-corrected chi connectivity index (χ2v) is 4.91. The van der Waals surface area contributed by atoms with E-state index in [1.54, 1.807) is 16.7 Å². The summed E-state index contributed by atoms with van der Waals surface area (Å²) in [5, 5.41) is 0. The fraction of sp³-hybridized carbons (Fsp3) is 0.667. The van der Waals surface area contributed by atoms with Crippen LogP contribution in [0, 0.1) is 5.92 Å². The average Bonchev–Trinajstić information content (AvgIpc) is 2.30. The van der Waals surface area contributed by atoms with Gasteiger partial charge in [-0.05, 0) is 56.3 Å². The van der Waals surface area contributed by atoms with Crippen LogP contribution in [-0.4, -0.2) is 12.0 Å². The molecule has 0 saturated carbocycles. The minimum absolute atomic E-state index is 0.701. The van der Waals surface area contributed by atoms with Gasteiger partial charge in [0, 0.05) is 0 Å². The molecule has 0 fully saturated rings. The lowest BCUT2D eigenvalue weighted by Crippen LogP contribution is -1.98. The zero-order chi connectivity index (χ0) is 10.0. The van der Waals surface area contributed by atoms with Crippen molar-refractivity contribution in [3.8, 4) is 0 Å². The van der Waals surface area contributed by atoms with Crippen LogP contribution in [0.25, 0.3) is 0 Å². The summed E-state index contributed by atoms with van der Waals surface area (Å²) in [5.74, 6) is 1.96. The van der Waals surface area contributed by atoms with Gasteiger partial charge in [-0.1, -0.05) is 18.1 Å². The molecule has 0 N–H and O–H groups in total. The number of hydrogen-bond donors (Lipinski definition) is 0. The minimum Gasteiger partial charge on any atom is -0.165 e. The SMILES string of the molecule is CSCCC1=C(C)C(C)=C(C)C1C. The van der Waals surface area contributed by atoms with Gasteiger partial charge in [-0.15, -0.1) is 0 Å². The Labute approximate surface area is 86.5 Å². The summed E-state index contributed by atoms with van der Waals surface area (Å²) >= 11 is 1.94. The summed E-state index contributed by atoms with van der Waals surface area (Å²) in [6, 6.07) is 0. The monoisotopic (exact) mass is 196 g/mol. The fourth-order valence-electron chi connectivity index (χ4n) is 2.06. The van der Waals surface area contributed by atoms with Gasteiger partial charge in [0.2, 0.25) is 0 Å². The van der Waals surface area contributed by atoms with Gasteiger partial charge in [-0.3, -0.25) is 0 Å². The van der Waals surface area contributed by atoms with Crippen LogP contribution in [0.1, 0.15) is 34.1 Å². The number of thioether (sulfide) groups is 1. The molecule has 0 bridgehead atoms. The van der Waals surface area contributed by atoms with Crippen LogP contribution < -0.4 is 0 Å². The molecule has 0 aromatic heterocycles. The van der Waals surface area contributed by atoms with E-state index >= 15 is 0 Å². The summed E-state index contributed by atoms with van der Waals surface area (Å²) in [5.41, 5.74) is 6.33. The van der Waals surface area contributed by atoms with Crippen molar-refractivity contribution in [2.24, 2.45) is 5.92 Å². The summed E-state index contributed by atoms with van der Waals surface area (Å²) in [7, 11) is 0. The first-order valence-electron chi connectivity index (χ1n) is 4.96. The number of hydrogen-bond acceptors (Lipinski definition) is 1. The largest absolute Gasteiger partial charge is 0.165 e. The molecule has 0 aromatic rings. The Kier molecular flexibility index (Phi) is 3.66. The standard InChI is InChI=1S/C12H20S/c1-8-9(2)11(4)12(10(8)3)6-7-13-5/h10H,6-7H2,1-5H3. The predicted molar refractivity (Wildman–Crippen MR) is 63.2 cm³/mol. The highest BCUT2D eigenvalue weighted by Crippen LogP contribution is 2.38. The molecule has 1 rings (SSSR count). The molecule has 13 heavy (non-hydrogen) atoms. The molecule has 0 amide bonds. The molecule has 1 aliphatic carbocycles. The molecule has 1 aliphatic rings. The van der Waals surface area contributed by atoms with Crippen LogP contribution in [0.3, 0.4) is 0 Å². The lowest BCUT2D eigenvalue weighted by Gasteiger charge is -2.11. The summed E-state index contributed by atoms with van der Waals surface area (Å²) < 4.78 is 0. The Morgan fingerprint density at radius 3 is 2.15 bits per heavy atom. The molecule has 0 spiro atoms. The Balaban J connectivity index is 2.78. The topological polar surface area (TPSA) is 0 Å². The molecule has 74 valence electrons. The van der Waals surface area contributed by atoms with Crippen molar-refractivity contribution in [3.05, 3.63) is 22.3 Å². The number of rotatable bonds is 3. The lowest BCUT2D eigenvalue weighted by atomic mass is 9.96. The maximum atomic E-state index is 2.34. The average molecular weight is 196 g/mol. The van der Waals surface area contributed by atoms with E-state index in [9.17, 15) is 0 Å². The predicted octanol–water partition coefficient (Wildman–Crippen LogP) is 4.04. The highest BCUT2D eigenvalue weighted by Gasteiger charge is 2.22. The molecule has 1 atom stereocenters. The second kappa shape index (κ2) is 4.36. The van der Waals surface area contributed by atoms with Crippen molar-refractivity contribution >= 4 is 11.8 Å².